The highest BCUT2D eigenvalue weighted by Gasteiger charge is 2.36. The Morgan fingerprint density at radius 2 is 2.07 bits per heavy atom. The van der Waals surface area contributed by atoms with Gasteiger partial charge in [-0.2, -0.15) is 0 Å². The van der Waals surface area contributed by atoms with Crippen LogP contribution in [0.25, 0.3) is 0 Å². The topological polar surface area (TPSA) is 69.6 Å². The van der Waals surface area contributed by atoms with E-state index in [1.807, 2.05) is 0 Å². The van der Waals surface area contributed by atoms with Gasteiger partial charge in [-0.1, -0.05) is 0 Å². The van der Waals surface area contributed by atoms with Crippen molar-refractivity contribution in [2.45, 2.75) is 12.8 Å². The second-order valence-electron chi connectivity index (χ2n) is 4.38. The van der Waals surface area contributed by atoms with Gasteiger partial charge in [-0.05, 0) is 31.3 Å². The highest BCUT2D eigenvalue weighted by atomic mass is 16.4. The molecule has 1 amide bonds. The normalized spacial score (nSPS) is 30.0. The maximum atomic E-state index is 11.5. The lowest BCUT2D eigenvalue weighted by Crippen LogP contribution is -2.35. The fourth-order valence-corrected chi connectivity index (χ4v) is 2.52. The van der Waals surface area contributed by atoms with Crippen molar-refractivity contribution >= 4 is 11.9 Å². The molecule has 2 fully saturated rings. The van der Waals surface area contributed by atoms with Gasteiger partial charge in [0.15, 0.2) is 0 Å². The number of nitrogens with zero attached hydrogens (tertiary/aromatic N) is 1. The SMILES string of the molecule is O=C(O)CC(=O)N1CC2CCNCC2C1. The third-order valence-corrected chi connectivity index (χ3v) is 3.33. The summed E-state index contributed by atoms with van der Waals surface area (Å²) < 4.78 is 0. The number of amides is 1. The standard InChI is InChI=1S/C10H16N2O3/c13-9(3-10(14)15)12-5-7-1-2-11-4-8(7)6-12/h7-8,11H,1-6H2,(H,14,15). The lowest BCUT2D eigenvalue weighted by molar-refractivity contribution is -0.143. The van der Waals surface area contributed by atoms with Crippen molar-refractivity contribution < 1.29 is 14.7 Å². The zero-order valence-electron chi connectivity index (χ0n) is 8.61. The number of hydrogen-bond acceptors (Lipinski definition) is 3. The zero-order chi connectivity index (χ0) is 10.8. The van der Waals surface area contributed by atoms with Crippen molar-refractivity contribution in [2.75, 3.05) is 26.2 Å². The Bertz CT molecular complexity index is 266. The highest BCUT2D eigenvalue weighted by Crippen LogP contribution is 2.28. The third kappa shape index (κ3) is 2.28. The predicted molar refractivity (Wildman–Crippen MR) is 53.3 cm³/mol. The van der Waals surface area contributed by atoms with Crippen molar-refractivity contribution in [2.24, 2.45) is 11.8 Å². The van der Waals surface area contributed by atoms with Crippen molar-refractivity contribution in [3.63, 3.8) is 0 Å². The monoisotopic (exact) mass is 212 g/mol. The summed E-state index contributed by atoms with van der Waals surface area (Å²) in [6, 6.07) is 0. The maximum absolute atomic E-state index is 11.5. The Hall–Kier alpha value is -1.10. The number of carboxylic acid groups (broad SMARTS) is 1. The molecule has 2 aliphatic rings. The minimum atomic E-state index is -1.03. The molecule has 0 bridgehead atoms. The van der Waals surface area contributed by atoms with E-state index in [0.29, 0.717) is 11.8 Å². The summed E-state index contributed by atoms with van der Waals surface area (Å²) in [6.07, 6.45) is 0.731. The molecule has 0 saturated carbocycles. The van der Waals surface area contributed by atoms with Gasteiger partial charge in [-0.25, -0.2) is 0 Å². The van der Waals surface area contributed by atoms with E-state index >= 15 is 0 Å². The first-order valence-corrected chi connectivity index (χ1v) is 5.37. The minimum absolute atomic E-state index is 0.239. The molecule has 2 rings (SSSR count). The zero-order valence-corrected chi connectivity index (χ0v) is 8.61. The maximum Gasteiger partial charge on any atom is 0.312 e. The Morgan fingerprint density at radius 1 is 1.33 bits per heavy atom. The van der Waals surface area contributed by atoms with Crippen LogP contribution < -0.4 is 5.32 Å². The first-order valence-electron chi connectivity index (χ1n) is 5.37. The minimum Gasteiger partial charge on any atom is -0.481 e. The van der Waals surface area contributed by atoms with Gasteiger partial charge in [0.05, 0.1) is 0 Å². The number of likely N-dealkylation sites (tertiary alicyclic amines) is 1. The van der Waals surface area contributed by atoms with Crippen LogP contribution in [0.15, 0.2) is 0 Å². The molecule has 2 unspecified atom stereocenters. The second-order valence-corrected chi connectivity index (χ2v) is 4.38. The summed E-state index contributed by atoms with van der Waals surface area (Å²) in [5.74, 6) is -0.176. The number of nitrogens with one attached hydrogen (secondary N) is 1. The molecule has 0 aromatic carbocycles. The van der Waals surface area contributed by atoms with Gasteiger partial charge in [0.25, 0.3) is 0 Å². The van der Waals surface area contributed by atoms with Crippen LogP contribution in [0.4, 0.5) is 0 Å². The number of aliphatic carboxylic acids is 1. The molecule has 84 valence electrons. The average molecular weight is 212 g/mol. The van der Waals surface area contributed by atoms with E-state index in [-0.39, 0.29) is 12.3 Å². The Morgan fingerprint density at radius 3 is 2.73 bits per heavy atom. The molecule has 0 aliphatic carbocycles. The average Bonchev–Trinajstić information content (AvgIpc) is 2.59. The van der Waals surface area contributed by atoms with Crippen LogP contribution in [0.2, 0.25) is 0 Å². The number of hydrogen-bond donors (Lipinski definition) is 2. The van der Waals surface area contributed by atoms with Gasteiger partial charge in [0, 0.05) is 13.1 Å². The van der Waals surface area contributed by atoms with Gasteiger partial charge in [0.1, 0.15) is 6.42 Å². The van der Waals surface area contributed by atoms with E-state index in [9.17, 15) is 9.59 Å². The number of fused-ring (bicyclic) bond motifs is 1. The molecule has 2 heterocycles. The first-order chi connectivity index (χ1) is 7.16. The van der Waals surface area contributed by atoms with Gasteiger partial charge in [-0.15, -0.1) is 0 Å². The van der Waals surface area contributed by atoms with E-state index in [1.165, 1.54) is 0 Å². The molecule has 0 aromatic rings. The van der Waals surface area contributed by atoms with Crippen molar-refractivity contribution in [1.29, 1.82) is 0 Å². The van der Waals surface area contributed by atoms with Gasteiger partial charge >= 0.3 is 5.97 Å². The van der Waals surface area contributed by atoms with Gasteiger partial charge in [0.2, 0.25) is 5.91 Å². The summed E-state index contributed by atoms with van der Waals surface area (Å²) >= 11 is 0. The summed E-state index contributed by atoms with van der Waals surface area (Å²) in [4.78, 5) is 23.6. The van der Waals surface area contributed by atoms with E-state index in [2.05, 4.69) is 5.32 Å². The van der Waals surface area contributed by atoms with E-state index in [4.69, 9.17) is 5.11 Å². The van der Waals surface area contributed by atoms with Crippen molar-refractivity contribution in [3.05, 3.63) is 0 Å². The van der Waals surface area contributed by atoms with Crippen LogP contribution in [-0.4, -0.2) is 48.1 Å². The third-order valence-electron chi connectivity index (χ3n) is 3.33. The molecule has 2 aliphatic heterocycles. The highest BCUT2D eigenvalue weighted by molar-refractivity contribution is 5.93. The molecule has 5 nitrogen and oxygen atoms in total. The van der Waals surface area contributed by atoms with E-state index < -0.39 is 5.97 Å². The van der Waals surface area contributed by atoms with E-state index in [1.54, 1.807) is 4.90 Å². The number of carbonyl (C=O) groups is 2. The van der Waals surface area contributed by atoms with Crippen LogP contribution in [0.5, 0.6) is 0 Å². The lowest BCUT2D eigenvalue weighted by Gasteiger charge is -2.23. The fraction of sp³-hybridized carbons (Fsp3) is 0.800. The van der Waals surface area contributed by atoms with Crippen LogP contribution in [0, 0.1) is 11.8 Å². The Balaban J connectivity index is 1.90. The summed E-state index contributed by atoms with van der Waals surface area (Å²) in [7, 11) is 0. The molecular formula is C10H16N2O3. The first kappa shape index (κ1) is 10.4. The molecule has 5 heteroatoms. The van der Waals surface area contributed by atoms with Crippen LogP contribution in [0.1, 0.15) is 12.8 Å². The number of carboxylic acids is 1. The largest absolute Gasteiger partial charge is 0.481 e. The Labute approximate surface area is 88.4 Å². The lowest BCUT2D eigenvalue weighted by atomic mass is 9.90. The molecule has 0 aromatic heterocycles. The molecule has 2 atom stereocenters. The number of piperidine rings is 1. The van der Waals surface area contributed by atoms with E-state index in [0.717, 1.165) is 32.6 Å². The number of rotatable bonds is 2. The smallest absolute Gasteiger partial charge is 0.312 e. The van der Waals surface area contributed by atoms with Crippen molar-refractivity contribution in [3.8, 4) is 0 Å². The molecule has 0 radical (unpaired) electrons. The fourth-order valence-electron chi connectivity index (χ4n) is 2.52. The molecular weight excluding hydrogens is 196 g/mol. The quantitative estimate of drug-likeness (QED) is 0.607. The molecule has 2 saturated heterocycles. The predicted octanol–water partition coefficient (Wildman–Crippen LogP) is -0.471. The summed E-state index contributed by atoms with van der Waals surface area (Å²) in [5, 5.41) is 11.8. The van der Waals surface area contributed by atoms with Crippen LogP contribution >= 0.6 is 0 Å². The molecule has 2 N–H and O–H groups in total. The van der Waals surface area contributed by atoms with Crippen molar-refractivity contribution in [1.82, 2.24) is 10.2 Å². The molecule has 15 heavy (non-hydrogen) atoms. The second kappa shape index (κ2) is 4.18. The molecule has 0 spiro atoms. The van der Waals surface area contributed by atoms with Crippen LogP contribution in [-0.2, 0) is 9.59 Å². The Kier molecular flexibility index (Phi) is 2.90. The summed E-state index contributed by atoms with van der Waals surface area (Å²) in [5.41, 5.74) is 0. The number of carbonyl (C=O) groups excluding carboxylic acids is 1. The van der Waals surface area contributed by atoms with Crippen LogP contribution in [0.3, 0.4) is 0 Å². The summed E-state index contributed by atoms with van der Waals surface area (Å²) in [6.45, 7) is 3.45. The van der Waals surface area contributed by atoms with Gasteiger partial charge in [-0.3, -0.25) is 9.59 Å². The van der Waals surface area contributed by atoms with Gasteiger partial charge < -0.3 is 15.3 Å².